The molecule has 0 fully saturated rings. The highest BCUT2D eigenvalue weighted by molar-refractivity contribution is 6.06. The minimum Gasteiger partial charge on any atom is -0.498 e. The van der Waals surface area contributed by atoms with Gasteiger partial charge in [-0.05, 0) is 37.6 Å². The van der Waals surface area contributed by atoms with Gasteiger partial charge >= 0.3 is 5.97 Å². The van der Waals surface area contributed by atoms with Crippen LogP contribution in [0.15, 0.2) is 59.6 Å². The topological polar surface area (TPSA) is 95.6 Å². The van der Waals surface area contributed by atoms with Crippen LogP contribution in [0.1, 0.15) is 19.4 Å². The van der Waals surface area contributed by atoms with Gasteiger partial charge in [0, 0.05) is 43.7 Å². The van der Waals surface area contributed by atoms with E-state index in [9.17, 15) is 9.59 Å². The standard InChI is InChI=1S/C25H32N2O7/c1-5-32-22(25(29)33-6-2)13-17-7-9-19(10-8-17)34-12-11-27-16-18-14-21(30-3)24(31-4)23(28)20(18)15-26-27/h7-10,14-16,22,24,26H,5-6,11-13H2,1-4H3. The zero-order valence-corrected chi connectivity index (χ0v) is 20.0. The molecule has 1 aliphatic heterocycles. The van der Waals surface area contributed by atoms with E-state index in [1.807, 2.05) is 42.4 Å². The summed E-state index contributed by atoms with van der Waals surface area (Å²) in [6, 6.07) is 7.55. The maximum Gasteiger partial charge on any atom is 0.335 e. The van der Waals surface area contributed by atoms with Crippen molar-refractivity contribution in [3.8, 4) is 5.75 Å². The van der Waals surface area contributed by atoms with Crippen molar-refractivity contribution in [2.24, 2.45) is 0 Å². The van der Waals surface area contributed by atoms with Gasteiger partial charge in [0.1, 0.15) is 18.1 Å². The molecule has 2 unspecified atom stereocenters. The van der Waals surface area contributed by atoms with Crippen molar-refractivity contribution in [2.45, 2.75) is 32.5 Å². The maximum absolute atomic E-state index is 12.6. The number of esters is 1. The molecule has 1 aliphatic carbocycles. The maximum atomic E-state index is 12.6. The molecule has 2 atom stereocenters. The van der Waals surface area contributed by atoms with E-state index in [2.05, 4.69) is 5.43 Å². The Bertz CT molecular complexity index is 953. The lowest BCUT2D eigenvalue weighted by Gasteiger charge is -2.30. The van der Waals surface area contributed by atoms with E-state index in [1.54, 1.807) is 19.2 Å². The largest absolute Gasteiger partial charge is 0.498 e. The van der Waals surface area contributed by atoms with Crippen molar-refractivity contribution in [3.63, 3.8) is 0 Å². The fraction of sp³-hybridized carbons (Fsp3) is 0.440. The van der Waals surface area contributed by atoms with Crippen LogP contribution in [0.4, 0.5) is 0 Å². The lowest BCUT2D eigenvalue weighted by atomic mass is 9.91. The van der Waals surface area contributed by atoms with Crippen molar-refractivity contribution in [2.75, 3.05) is 40.6 Å². The number of nitrogens with zero attached hydrogens (tertiary/aromatic N) is 1. The van der Waals surface area contributed by atoms with Crippen LogP contribution in [0.5, 0.6) is 5.75 Å². The molecule has 9 nitrogen and oxygen atoms in total. The van der Waals surface area contributed by atoms with Crippen molar-refractivity contribution in [1.29, 1.82) is 0 Å². The second-order valence-corrected chi connectivity index (χ2v) is 7.59. The Balaban J connectivity index is 1.53. The average Bonchev–Trinajstić information content (AvgIpc) is 2.84. The van der Waals surface area contributed by atoms with Crippen LogP contribution in [-0.2, 0) is 35.0 Å². The van der Waals surface area contributed by atoms with Crippen molar-refractivity contribution >= 4 is 11.8 Å². The zero-order chi connectivity index (χ0) is 24.5. The molecule has 0 aromatic heterocycles. The molecule has 9 heteroatoms. The molecule has 184 valence electrons. The summed E-state index contributed by atoms with van der Waals surface area (Å²) in [6.45, 7) is 5.34. The first-order valence-corrected chi connectivity index (χ1v) is 11.3. The van der Waals surface area contributed by atoms with Crippen LogP contribution in [0, 0.1) is 0 Å². The summed E-state index contributed by atoms with van der Waals surface area (Å²) in [5.74, 6) is 0.690. The molecule has 0 radical (unpaired) electrons. The van der Waals surface area contributed by atoms with Crippen molar-refractivity contribution in [3.05, 3.63) is 65.2 Å². The third-order valence-electron chi connectivity index (χ3n) is 5.37. The number of ether oxygens (including phenoxy) is 5. The van der Waals surface area contributed by atoms with E-state index < -0.39 is 12.2 Å². The van der Waals surface area contributed by atoms with E-state index in [4.69, 9.17) is 23.7 Å². The van der Waals surface area contributed by atoms with E-state index in [0.717, 1.165) is 11.1 Å². The molecular formula is C25H32N2O7. The molecule has 1 aromatic carbocycles. The van der Waals surface area contributed by atoms with Gasteiger partial charge in [0.15, 0.2) is 12.2 Å². The number of carbonyl (C=O) groups excluding carboxylic acids is 2. The molecular weight excluding hydrogens is 440 g/mol. The van der Waals surface area contributed by atoms with Gasteiger partial charge in [0.25, 0.3) is 0 Å². The highest BCUT2D eigenvalue weighted by atomic mass is 16.6. The predicted molar refractivity (Wildman–Crippen MR) is 125 cm³/mol. The number of nitrogens with one attached hydrogen (secondary N) is 1. The number of carbonyl (C=O) groups is 2. The van der Waals surface area contributed by atoms with Gasteiger partial charge in [-0.1, -0.05) is 12.1 Å². The van der Waals surface area contributed by atoms with Crippen LogP contribution < -0.4 is 10.2 Å². The number of hydrogen-bond donors (Lipinski definition) is 1. The number of Topliss-reactive ketones (excluding diaryl/α,β-unsaturated/α-hetero) is 1. The minimum atomic E-state index is -0.728. The van der Waals surface area contributed by atoms with Gasteiger partial charge in [-0.3, -0.25) is 9.80 Å². The van der Waals surface area contributed by atoms with Gasteiger partial charge in [0.05, 0.1) is 20.3 Å². The molecule has 3 rings (SSSR count). The molecule has 1 aromatic rings. The Morgan fingerprint density at radius 3 is 2.56 bits per heavy atom. The molecule has 1 N–H and O–H groups in total. The van der Waals surface area contributed by atoms with Gasteiger partial charge in [0.2, 0.25) is 5.78 Å². The number of rotatable bonds is 12. The van der Waals surface area contributed by atoms with Crippen LogP contribution >= 0.6 is 0 Å². The first kappa shape index (κ1) is 25.3. The Morgan fingerprint density at radius 1 is 1.15 bits per heavy atom. The summed E-state index contributed by atoms with van der Waals surface area (Å²) in [4.78, 5) is 24.6. The Labute approximate surface area is 199 Å². The highest BCUT2D eigenvalue weighted by Gasteiger charge is 2.34. The summed E-state index contributed by atoms with van der Waals surface area (Å²) in [6.07, 6.45) is 4.40. The van der Waals surface area contributed by atoms with Crippen LogP contribution in [0.3, 0.4) is 0 Å². The molecule has 0 saturated heterocycles. The fourth-order valence-corrected chi connectivity index (χ4v) is 3.70. The lowest BCUT2D eigenvalue weighted by molar-refractivity contribution is -0.156. The monoisotopic (exact) mass is 472 g/mol. The summed E-state index contributed by atoms with van der Waals surface area (Å²) in [5.41, 5.74) is 5.34. The van der Waals surface area contributed by atoms with Gasteiger partial charge in [-0.15, -0.1) is 0 Å². The molecule has 0 spiro atoms. The second-order valence-electron chi connectivity index (χ2n) is 7.59. The van der Waals surface area contributed by atoms with E-state index in [0.29, 0.717) is 49.9 Å². The number of hydrazine groups is 1. The number of hydrogen-bond acceptors (Lipinski definition) is 9. The average molecular weight is 473 g/mol. The molecule has 0 bridgehead atoms. The minimum absolute atomic E-state index is 0.147. The first-order chi connectivity index (χ1) is 16.5. The number of methoxy groups -OCH3 is 2. The molecule has 34 heavy (non-hydrogen) atoms. The normalized spacial score (nSPS) is 18.1. The van der Waals surface area contributed by atoms with Crippen molar-refractivity contribution < 1.29 is 33.3 Å². The number of benzene rings is 1. The van der Waals surface area contributed by atoms with Crippen LogP contribution in [0.25, 0.3) is 0 Å². The molecule has 1 heterocycles. The summed E-state index contributed by atoms with van der Waals surface area (Å²) in [5, 5.41) is 1.84. The number of allylic oxidation sites excluding steroid dienone is 2. The highest BCUT2D eigenvalue weighted by Crippen LogP contribution is 2.29. The molecule has 0 saturated carbocycles. The first-order valence-electron chi connectivity index (χ1n) is 11.3. The van der Waals surface area contributed by atoms with Gasteiger partial charge in [-0.25, -0.2) is 4.79 Å². The predicted octanol–water partition coefficient (Wildman–Crippen LogP) is 2.29. The second kappa shape index (κ2) is 12.2. The number of fused-ring (bicyclic) bond motifs is 1. The van der Waals surface area contributed by atoms with Gasteiger partial charge in [-0.2, -0.15) is 0 Å². The SMILES string of the molecule is CCOC(=O)C(Cc1ccc(OCCN2C=C3C=C(OC)C(OC)C(=O)C3=CN2)cc1)OCC. The third kappa shape index (κ3) is 6.18. The van der Waals surface area contributed by atoms with Crippen LogP contribution in [0.2, 0.25) is 0 Å². The number of ketones is 1. The Hall–Kier alpha value is -3.30. The van der Waals surface area contributed by atoms with E-state index in [-0.39, 0.29) is 11.8 Å². The van der Waals surface area contributed by atoms with Crippen LogP contribution in [-0.4, -0.2) is 69.6 Å². The Kier molecular flexibility index (Phi) is 9.12. The summed E-state index contributed by atoms with van der Waals surface area (Å²) < 4.78 is 27.0. The van der Waals surface area contributed by atoms with E-state index in [1.165, 1.54) is 14.2 Å². The van der Waals surface area contributed by atoms with Gasteiger partial charge < -0.3 is 29.1 Å². The van der Waals surface area contributed by atoms with E-state index >= 15 is 0 Å². The quantitative estimate of drug-likeness (QED) is 0.460. The summed E-state index contributed by atoms with van der Waals surface area (Å²) in [7, 11) is 3.00. The fourth-order valence-electron chi connectivity index (χ4n) is 3.70. The van der Waals surface area contributed by atoms with Crippen molar-refractivity contribution in [1.82, 2.24) is 10.4 Å². The summed E-state index contributed by atoms with van der Waals surface area (Å²) >= 11 is 0. The third-order valence-corrected chi connectivity index (χ3v) is 5.37. The zero-order valence-electron chi connectivity index (χ0n) is 20.0. The molecule has 0 amide bonds. The molecule has 2 aliphatic rings. The smallest absolute Gasteiger partial charge is 0.335 e. The lowest BCUT2D eigenvalue weighted by Crippen LogP contribution is -2.40. The Morgan fingerprint density at radius 2 is 1.91 bits per heavy atom.